The van der Waals surface area contributed by atoms with Crippen LogP contribution < -0.4 is 10.6 Å². The van der Waals surface area contributed by atoms with Gasteiger partial charge in [0.2, 0.25) is 0 Å². The molecule has 16 heavy (non-hydrogen) atoms. The minimum absolute atomic E-state index is 0.547. The summed E-state index contributed by atoms with van der Waals surface area (Å²) in [6.07, 6.45) is 1.19. The molecule has 1 atom stereocenters. The molecule has 0 spiro atoms. The Morgan fingerprint density at radius 1 is 1.50 bits per heavy atom. The Morgan fingerprint density at radius 3 is 2.81 bits per heavy atom. The highest BCUT2D eigenvalue weighted by molar-refractivity contribution is 6.33. The third-order valence-corrected chi connectivity index (χ3v) is 3.57. The number of likely N-dealkylation sites (N-methyl/N-ethyl adjacent to an activating group) is 2. The molecule has 1 aromatic carbocycles. The number of anilines is 2. The van der Waals surface area contributed by atoms with E-state index in [1.165, 1.54) is 6.42 Å². The molecule has 0 aromatic heterocycles. The molecule has 0 amide bonds. The SMILES string of the molecule is CN1CCC(N(C)c2ccc(N)cc2Cl)C1. The maximum Gasteiger partial charge on any atom is 0.0660 e. The molecule has 88 valence electrons. The number of nitrogens with two attached hydrogens (primary N) is 1. The number of nitrogen functional groups attached to an aromatic ring is 1. The average molecular weight is 240 g/mol. The Labute approximate surface area is 102 Å². The van der Waals surface area contributed by atoms with Crippen LogP contribution in [0.5, 0.6) is 0 Å². The van der Waals surface area contributed by atoms with E-state index in [0.717, 1.165) is 23.8 Å². The first-order valence-electron chi connectivity index (χ1n) is 5.54. The lowest BCUT2D eigenvalue weighted by atomic mass is 10.2. The molecule has 4 heteroatoms. The molecule has 0 aliphatic carbocycles. The topological polar surface area (TPSA) is 32.5 Å². The molecule has 0 bridgehead atoms. The summed E-state index contributed by atoms with van der Waals surface area (Å²) in [6.45, 7) is 2.25. The van der Waals surface area contributed by atoms with Crippen molar-refractivity contribution in [3.63, 3.8) is 0 Å². The molecule has 1 unspecified atom stereocenters. The van der Waals surface area contributed by atoms with Crippen molar-refractivity contribution in [1.82, 2.24) is 4.90 Å². The van der Waals surface area contributed by atoms with Gasteiger partial charge in [-0.3, -0.25) is 0 Å². The van der Waals surface area contributed by atoms with Crippen LogP contribution in [0.2, 0.25) is 5.02 Å². The van der Waals surface area contributed by atoms with E-state index in [1.54, 1.807) is 0 Å². The van der Waals surface area contributed by atoms with Gasteiger partial charge in [-0.25, -0.2) is 0 Å². The maximum absolute atomic E-state index is 6.20. The summed E-state index contributed by atoms with van der Waals surface area (Å²) in [5.41, 5.74) is 7.47. The van der Waals surface area contributed by atoms with Crippen molar-refractivity contribution in [1.29, 1.82) is 0 Å². The summed E-state index contributed by atoms with van der Waals surface area (Å²) in [4.78, 5) is 4.59. The van der Waals surface area contributed by atoms with Gasteiger partial charge in [-0.05, 0) is 38.2 Å². The monoisotopic (exact) mass is 239 g/mol. The summed E-state index contributed by atoms with van der Waals surface area (Å²) < 4.78 is 0. The molecule has 1 saturated heterocycles. The smallest absolute Gasteiger partial charge is 0.0660 e. The van der Waals surface area contributed by atoms with Crippen LogP contribution in [0, 0.1) is 0 Å². The van der Waals surface area contributed by atoms with Crippen molar-refractivity contribution >= 4 is 23.0 Å². The van der Waals surface area contributed by atoms with Gasteiger partial charge >= 0.3 is 0 Å². The van der Waals surface area contributed by atoms with E-state index < -0.39 is 0 Å². The van der Waals surface area contributed by atoms with Crippen LogP contribution in [0.3, 0.4) is 0 Å². The third-order valence-electron chi connectivity index (χ3n) is 3.27. The number of rotatable bonds is 2. The van der Waals surface area contributed by atoms with E-state index in [-0.39, 0.29) is 0 Å². The highest BCUT2D eigenvalue weighted by Gasteiger charge is 2.24. The van der Waals surface area contributed by atoms with Crippen molar-refractivity contribution in [2.24, 2.45) is 0 Å². The van der Waals surface area contributed by atoms with Gasteiger partial charge < -0.3 is 15.5 Å². The molecule has 2 rings (SSSR count). The highest BCUT2D eigenvalue weighted by atomic mass is 35.5. The molecule has 0 saturated carbocycles. The second-order valence-electron chi connectivity index (χ2n) is 4.53. The summed E-state index contributed by atoms with van der Waals surface area (Å²) >= 11 is 6.20. The summed E-state index contributed by atoms with van der Waals surface area (Å²) in [5.74, 6) is 0. The van der Waals surface area contributed by atoms with Crippen LogP contribution in [-0.2, 0) is 0 Å². The highest BCUT2D eigenvalue weighted by Crippen LogP contribution is 2.30. The Morgan fingerprint density at radius 2 is 2.25 bits per heavy atom. The first-order valence-corrected chi connectivity index (χ1v) is 5.92. The first kappa shape index (κ1) is 11.6. The number of benzene rings is 1. The number of likely N-dealkylation sites (tertiary alicyclic amines) is 1. The van der Waals surface area contributed by atoms with Gasteiger partial charge in [0.1, 0.15) is 0 Å². The molecule has 1 aliphatic rings. The largest absolute Gasteiger partial charge is 0.399 e. The van der Waals surface area contributed by atoms with E-state index in [0.29, 0.717) is 11.7 Å². The van der Waals surface area contributed by atoms with Crippen molar-refractivity contribution in [2.75, 3.05) is 37.8 Å². The fourth-order valence-electron chi connectivity index (χ4n) is 2.23. The third kappa shape index (κ3) is 2.25. The van der Waals surface area contributed by atoms with Gasteiger partial charge in [-0.2, -0.15) is 0 Å². The quantitative estimate of drug-likeness (QED) is 0.802. The van der Waals surface area contributed by atoms with Crippen molar-refractivity contribution in [3.8, 4) is 0 Å². The van der Waals surface area contributed by atoms with Gasteiger partial charge in [-0.15, -0.1) is 0 Å². The molecule has 2 N–H and O–H groups in total. The van der Waals surface area contributed by atoms with Gasteiger partial charge in [0.15, 0.2) is 0 Å². The average Bonchev–Trinajstić information content (AvgIpc) is 2.64. The lowest BCUT2D eigenvalue weighted by Gasteiger charge is -2.27. The molecule has 1 aromatic rings. The normalized spacial score (nSPS) is 21.3. The van der Waals surface area contributed by atoms with E-state index in [2.05, 4.69) is 23.9 Å². The molecule has 1 fully saturated rings. The van der Waals surface area contributed by atoms with Crippen molar-refractivity contribution in [2.45, 2.75) is 12.5 Å². The molecule has 0 radical (unpaired) electrons. The Kier molecular flexibility index (Phi) is 3.26. The van der Waals surface area contributed by atoms with Crippen LogP contribution in [0.15, 0.2) is 18.2 Å². The minimum atomic E-state index is 0.547. The maximum atomic E-state index is 6.20. The molecular weight excluding hydrogens is 222 g/mol. The van der Waals surface area contributed by atoms with Gasteiger partial charge in [0.05, 0.1) is 10.7 Å². The van der Waals surface area contributed by atoms with Crippen molar-refractivity contribution in [3.05, 3.63) is 23.2 Å². The zero-order valence-electron chi connectivity index (χ0n) is 9.78. The van der Waals surface area contributed by atoms with Crippen LogP contribution in [-0.4, -0.2) is 38.1 Å². The zero-order valence-corrected chi connectivity index (χ0v) is 10.5. The molecule has 3 nitrogen and oxygen atoms in total. The van der Waals surface area contributed by atoms with Crippen LogP contribution in [0.1, 0.15) is 6.42 Å². The predicted octanol–water partition coefficient (Wildman–Crippen LogP) is 2.06. The Balaban J connectivity index is 2.17. The Bertz CT molecular complexity index is 381. The van der Waals surface area contributed by atoms with E-state index in [1.807, 2.05) is 18.2 Å². The molecule has 1 heterocycles. The fourth-order valence-corrected chi connectivity index (χ4v) is 2.56. The van der Waals surface area contributed by atoms with E-state index in [9.17, 15) is 0 Å². The molecular formula is C12H18ClN3. The van der Waals surface area contributed by atoms with Crippen LogP contribution >= 0.6 is 11.6 Å². The molecule has 1 aliphatic heterocycles. The van der Waals surface area contributed by atoms with Crippen molar-refractivity contribution < 1.29 is 0 Å². The second-order valence-corrected chi connectivity index (χ2v) is 4.93. The lowest BCUT2D eigenvalue weighted by molar-refractivity contribution is 0.409. The predicted molar refractivity (Wildman–Crippen MR) is 70.2 cm³/mol. The fraction of sp³-hybridized carbons (Fsp3) is 0.500. The van der Waals surface area contributed by atoms with Crippen LogP contribution in [0.4, 0.5) is 11.4 Å². The summed E-state index contributed by atoms with van der Waals surface area (Å²) in [7, 11) is 4.25. The second kappa shape index (κ2) is 4.52. The van der Waals surface area contributed by atoms with E-state index >= 15 is 0 Å². The summed E-state index contributed by atoms with van der Waals surface area (Å²) in [6, 6.07) is 6.25. The lowest BCUT2D eigenvalue weighted by Crippen LogP contribution is -2.33. The zero-order chi connectivity index (χ0) is 11.7. The number of nitrogens with zero attached hydrogens (tertiary/aromatic N) is 2. The standard InChI is InChI=1S/C12H18ClN3/c1-15-6-5-10(8-15)16(2)12-4-3-9(14)7-11(12)13/h3-4,7,10H,5-6,8,14H2,1-2H3. The first-order chi connectivity index (χ1) is 7.58. The number of halogens is 1. The number of hydrogen-bond acceptors (Lipinski definition) is 3. The van der Waals surface area contributed by atoms with Crippen LogP contribution in [0.25, 0.3) is 0 Å². The minimum Gasteiger partial charge on any atom is -0.399 e. The Hall–Kier alpha value is -0.930. The van der Waals surface area contributed by atoms with Gasteiger partial charge in [-0.1, -0.05) is 11.6 Å². The van der Waals surface area contributed by atoms with Gasteiger partial charge in [0.25, 0.3) is 0 Å². The number of hydrogen-bond donors (Lipinski definition) is 1. The van der Waals surface area contributed by atoms with E-state index in [4.69, 9.17) is 17.3 Å². The van der Waals surface area contributed by atoms with Gasteiger partial charge in [0, 0.05) is 25.3 Å². The summed E-state index contributed by atoms with van der Waals surface area (Å²) in [5, 5.41) is 0.733.